The van der Waals surface area contributed by atoms with E-state index in [4.69, 9.17) is 9.47 Å². The molecule has 2 aromatic rings. The van der Waals surface area contributed by atoms with Crippen LogP contribution in [0.2, 0.25) is 0 Å². The minimum Gasteiger partial charge on any atom is -0.497 e. The average molecular weight is 451 g/mol. The molecular formula is C29H38O4. The number of hydrogen-bond acceptors (Lipinski definition) is 4. The van der Waals surface area contributed by atoms with E-state index in [9.17, 15) is 9.59 Å². The minimum atomic E-state index is -0.124. The van der Waals surface area contributed by atoms with Gasteiger partial charge in [0.15, 0.2) is 11.6 Å². The molecule has 0 atom stereocenters. The second-order valence-electron chi connectivity index (χ2n) is 8.63. The lowest BCUT2D eigenvalue weighted by Gasteiger charge is -2.26. The Kier molecular flexibility index (Phi) is 11.3. The van der Waals surface area contributed by atoms with Gasteiger partial charge >= 0.3 is 0 Å². The molecule has 0 saturated carbocycles. The number of allylic oxidation sites excluding steroid dienone is 2. The Bertz CT molecular complexity index is 935. The van der Waals surface area contributed by atoms with Gasteiger partial charge in [0.2, 0.25) is 0 Å². The Morgan fingerprint density at radius 1 is 0.788 bits per heavy atom. The Hall–Kier alpha value is -3.14. The molecule has 0 aromatic heterocycles. The second-order valence-corrected chi connectivity index (χ2v) is 8.63. The number of methoxy groups -OCH3 is 1. The highest BCUT2D eigenvalue weighted by Gasteiger charge is 2.23. The first kappa shape index (κ1) is 27.9. The van der Waals surface area contributed by atoms with Gasteiger partial charge in [-0.05, 0) is 66.8 Å². The summed E-state index contributed by atoms with van der Waals surface area (Å²) in [6, 6.07) is 16.2. The quantitative estimate of drug-likeness (QED) is 0.351. The van der Waals surface area contributed by atoms with E-state index in [1.807, 2.05) is 31.2 Å². The third kappa shape index (κ3) is 9.09. The topological polar surface area (TPSA) is 52.6 Å². The summed E-state index contributed by atoms with van der Waals surface area (Å²) in [5.74, 6) is 1.85. The van der Waals surface area contributed by atoms with Crippen molar-refractivity contribution < 1.29 is 19.1 Å². The highest BCUT2D eigenvalue weighted by atomic mass is 16.5. The van der Waals surface area contributed by atoms with Crippen LogP contribution in [0.5, 0.6) is 11.5 Å². The molecule has 0 radical (unpaired) electrons. The fraction of sp³-hybridized carbons (Fsp3) is 0.379. The first-order valence-electron chi connectivity index (χ1n) is 11.3. The van der Waals surface area contributed by atoms with Gasteiger partial charge in [-0.2, -0.15) is 0 Å². The molecule has 0 amide bonds. The summed E-state index contributed by atoms with van der Waals surface area (Å²) >= 11 is 0. The third-order valence-electron chi connectivity index (χ3n) is 5.41. The lowest BCUT2D eigenvalue weighted by Crippen LogP contribution is -2.18. The van der Waals surface area contributed by atoms with Crippen molar-refractivity contribution >= 4 is 11.6 Å². The standard InChI is InChI=1S/C22H26O3.C7H12O/c1-16(2)21(23)14-15-25-20-12-8-18(9-13-20)22(3,4)17-6-10-19(24-5)11-7-17;1-4-5-7(8)6(2)3/h6-13H,1,14-15H2,2-5H3;2,4-5H2,1,3H3. The molecule has 0 heterocycles. The molecule has 0 bridgehead atoms. The van der Waals surface area contributed by atoms with Crippen molar-refractivity contribution in [2.24, 2.45) is 0 Å². The van der Waals surface area contributed by atoms with E-state index in [1.165, 1.54) is 11.1 Å². The normalized spacial score (nSPS) is 10.5. The molecule has 0 saturated heterocycles. The Labute approximate surface area is 199 Å². The van der Waals surface area contributed by atoms with E-state index in [2.05, 4.69) is 51.3 Å². The van der Waals surface area contributed by atoms with Crippen LogP contribution in [0.15, 0.2) is 72.8 Å². The predicted octanol–water partition coefficient (Wildman–Crippen LogP) is 6.87. The van der Waals surface area contributed by atoms with Crippen molar-refractivity contribution in [2.45, 2.75) is 59.3 Å². The van der Waals surface area contributed by atoms with Gasteiger partial charge in [-0.15, -0.1) is 0 Å². The predicted molar refractivity (Wildman–Crippen MR) is 136 cm³/mol. The maximum Gasteiger partial charge on any atom is 0.161 e. The van der Waals surface area contributed by atoms with Crippen molar-refractivity contribution in [3.8, 4) is 11.5 Å². The fourth-order valence-corrected chi connectivity index (χ4v) is 3.06. The van der Waals surface area contributed by atoms with Crippen molar-refractivity contribution in [3.05, 3.63) is 84.0 Å². The van der Waals surface area contributed by atoms with Gasteiger partial charge in [0.05, 0.1) is 13.7 Å². The highest BCUT2D eigenvalue weighted by Crippen LogP contribution is 2.33. The van der Waals surface area contributed by atoms with Crippen LogP contribution in [-0.2, 0) is 15.0 Å². The number of carbonyl (C=O) groups is 2. The van der Waals surface area contributed by atoms with Crippen LogP contribution in [0.25, 0.3) is 0 Å². The van der Waals surface area contributed by atoms with E-state index >= 15 is 0 Å². The second kappa shape index (κ2) is 13.4. The summed E-state index contributed by atoms with van der Waals surface area (Å²) in [5, 5.41) is 0. The first-order valence-corrected chi connectivity index (χ1v) is 11.3. The van der Waals surface area contributed by atoms with Crippen LogP contribution in [-0.4, -0.2) is 25.3 Å². The lowest BCUT2D eigenvalue weighted by molar-refractivity contribution is -0.116. The molecule has 0 aliphatic heterocycles. The lowest BCUT2D eigenvalue weighted by atomic mass is 9.78. The Morgan fingerprint density at radius 2 is 1.21 bits per heavy atom. The third-order valence-corrected chi connectivity index (χ3v) is 5.41. The summed E-state index contributed by atoms with van der Waals surface area (Å²) in [6.45, 7) is 17.4. The molecule has 178 valence electrons. The molecule has 2 rings (SSSR count). The maximum absolute atomic E-state index is 11.5. The first-order chi connectivity index (χ1) is 15.5. The zero-order chi connectivity index (χ0) is 25.0. The van der Waals surface area contributed by atoms with E-state index in [1.54, 1.807) is 21.0 Å². The van der Waals surface area contributed by atoms with Crippen LogP contribution >= 0.6 is 0 Å². The maximum atomic E-state index is 11.5. The summed E-state index contributed by atoms with van der Waals surface area (Å²) < 4.78 is 10.9. The van der Waals surface area contributed by atoms with Crippen LogP contribution < -0.4 is 9.47 Å². The summed E-state index contributed by atoms with van der Waals surface area (Å²) in [6.07, 6.45) is 1.93. The van der Waals surface area contributed by atoms with Gasteiger partial charge in [0.25, 0.3) is 0 Å². The SMILES string of the molecule is C=C(C)C(=O)CCC.C=C(C)C(=O)CCOc1ccc(C(C)(C)c2ccc(OC)cc2)cc1. The largest absolute Gasteiger partial charge is 0.497 e. The van der Waals surface area contributed by atoms with Gasteiger partial charge in [-0.3, -0.25) is 9.59 Å². The molecule has 0 unspecified atom stereocenters. The van der Waals surface area contributed by atoms with E-state index in [0.717, 1.165) is 17.9 Å². The monoisotopic (exact) mass is 450 g/mol. The van der Waals surface area contributed by atoms with E-state index in [0.29, 0.717) is 30.6 Å². The summed E-state index contributed by atoms with van der Waals surface area (Å²) in [5.41, 5.74) is 3.53. The van der Waals surface area contributed by atoms with E-state index in [-0.39, 0.29) is 17.0 Å². The molecule has 2 aromatic carbocycles. The van der Waals surface area contributed by atoms with Crippen molar-refractivity contribution in [1.29, 1.82) is 0 Å². The molecule has 33 heavy (non-hydrogen) atoms. The molecular weight excluding hydrogens is 412 g/mol. The number of rotatable bonds is 11. The smallest absolute Gasteiger partial charge is 0.161 e. The number of hydrogen-bond donors (Lipinski definition) is 0. The molecule has 0 spiro atoms. The van der Waals surface area contributed by atoms with Crippen LogP contribution in [0.4, 0.5) is 0 Å². The number of Topliss-reactive ketones (excluding diaryl/α,β-unsaturated/α-hetero) is 2. The van der Waals surface area contributed by atoms with Gasteiger partial charge < -0.3 is 9.47 Å². The van der Waals surface area contributed by atoms with Gasteiger partial charge in [0, 0.05) is 18.3 Å². The average Bonchev–Trinajstić information content (AvgIpc) is 2.79. The highest BCUT2D eigenvalue weighted by molar-refractivity contribution is 5.94. The van der Waals surface area contributed by atoms with E-state index < -0.39 is 0 Å². The van der Waals surface area contributed by atoms with Crippen LogP contribution in [0, 0.1) is 0 Å². The van der Waals surface area contributed by atoms with Crippen LogP contribution in [0.1, 0.15) is 65.0 Å². The van der Waals surface area contributed by atoms with Gasteiger partial charge in [-0.25, -0.2) is 0 Å². The molecule has 0 N–H and O–H groups in total. The molecule has 4 heteroatoms. The van der Waals surface area contributed by atoms with Crippen molar-refractivity contribution in [2.75, 3.05) is 13.7 Å². The number of ether oxygens (including phenoxy) is 2. The Balaban J connectivity index is 0.000000582. The van der Waals surface area contributed by atoms with Crippen molar-refractivity contribution in [1.82, 2.24) is 0 Å². The zero-order valence-corrected chi connectivity index (χ0v) is 21.0. The molecule has 0 aliphatic rings. The summed E-state index contributed by atoms with van der Waals surface area (Å²) in [7, 11) is 1.67. The van der Waals surface area contributed by atoms with Gasteiger partial charge in [0.1, 0.15) is 11.5 Å². The Morgan fingerprint density at radius 3 is 1.58 bits per heavy atom. The summed E-state index contributed by atoms with van der Waals surface area (Å²) in [4.78, 5) is 22.2. The fourth-order valence-electron chi connectivity index (χ4n) is 3.06. The minimum absolute atomic E-state index is 0.0391. The van der Waals surface area contributed by atoms with Gasteiger partial charge in [-0.1, -0.05) is 58.2 Å². The molecule has 4 nitrogen and oxygen atoms in total. The van der Waals surface area contributed by atoms with Crippen molar-refractivity contribution in [3.63, 3.8) is 0 Å². The molecule has 0 aliphatic carbocycles. The van der Waals surface area contributed by atoms with Crippen LogP contribution in [0.3, 0.4) is 0 Å². The number of carbonyl (C=O) groups excluding carboxylic acids is 2. The number of benzene rings is 2. The zero-order valence-electron chi connectivity index (χ0n) is 21.0. The number of ketones is 2. The molecule has 0 fully saturated rings.